The summed E-state index contributed by atoms with van der Waals surface area (Å²) in [5.74, 6) is 0.910. The first-order valence-electron chi connectivity index (χ1n) is 9.80. The van der Waals surface area contributed by atoms with E-state index in [1.165, 1.54) is 0 Å². The molecule has 5 rings (SSSR count). The lowest BCUT2D eigenvalue weighted by Crippen LogP contribution is -2.47. The predicted octanol–water partition coefficient (Wildman–Crippen LogP) is 0.246. The Balaban J connectivity index is 1.25. The van der Waals surface area contributed by atoms with Gasteiger partial charge in [0.15, 0.2) is 0 Å². The second-order valence-corrected chi connectivity index (χ2v) is 8.04. The summed E-state index contributed by atoms with van der Waals surface area (Å²) in [5.41, 5.74) is 0.961. The van der Waals surface area contributed by atoms with Gasteiger partial charge in [-0.3, -0.25) is 9.59 Å². The average Bonchev–Trinajstić information content (AvgIpc) is 3.44. The Morgan fingerprint density at radius 3 is 3.00 bits per heavy atom. The third-order valence-electron chi connectivity index (χ3n) is 6.27. The van der Waals surface area contributed by atoms with Gasteiger partial charge in [-0.25, -0.2) is 9.97 Å². The highest BCUT2D eigenvalue weighted by atomic mass is 16.5. The van der Waals surface area contributed by atoms with E-state index >= 15 is 0 Å². The topological polar surface area (TPSA) is 94.7 Å². The van der Waals surface area contributed by atoms with Crippen molar-refractivity contribution in [2.45, 2.75) is 12.8 Å². The van der Waals surface area contributed by atoms with Gasteiger partial charge in [0.2, 0.25) is 11.8 Å². The normalized spacial score (nSPS) is 25.4. The third kappa shape index (κ3) is 2.99. The monoisotopic (exact) mass is 384 g/mol. The number of aromatic amines is 1. The van der Waals surface area contributed by atoms with E-state index in [1.54, 1.807) is 11.2 Å². The van der Waals surface area contributed by atoms with Crippen LogP contribution in [-0.4, -0.2) is 89.0 Å². The van der Waals surface area contributed by atoms with Crippen LogP contribution < -0.4 is 4.90 Å². The number of anilines is 1. The van der Waals surface area contributed by atoms with Crippen molar-refractivity contribution in [2.24, 2.45) is 5.41 Å². The third-order valence-corrected chi connectivity index (χ3v) is 6.27. The minimum Gasteiger partial charge on any atom is -0.370 e. The van der Waals surface area contributed by atoms with Crippen LogP contribution in [0.2, 0.25) is 0 Å². The highest BCUT2D eigenvalue weighted by molar-refractivity contribution is 5.87. The van der Waals surface area contributed by atoms with E-state index in [-0.39, 0.29) is 30.4 Å². The number of nitrogens with zero attached hydrogens (tertiary/aromatic N) is 5. The number of ether oxygens (including phenoxy) is 1. The maximum Gasteiger partial charge on any atom is 0.249 e. The standard InChI is InChI=1S/C19H24N6O3/c26-15(9-23-7-8-28-10-16(23)27)24-5-2-19(11-24)3-6-25(12-19)18-14-1-4-20-17(14)21-13-22-18/h1,4,13H,2-3,5-12H2,(H,20,21,22). The molecule has 2 aromatic heterocycles. The largest absolute Gasteiger partial charge is 0.370 e. The van der Waals surface area contributed by atoms with Gasteiger partial charge < -0.3 is 24.4 Å². The Morgan fingerprint density at radius 2 is 2.11 bits per heavy atom. The number of likely N-dealkylation sites (tertiary alicyclic amines) is 1. The van der Waals surface area contributed by atoms with Crippen LogP contribution in [0.4, 0.5) is 5.82 Å². The molecule has 0 bridgehead atoms. The van der Waals surface area contributed by atoms with Crippen molar-refractivity contribution in [2.75, 3.05) is 57.4 Å². The van der Waals surface area contributed by atoms with E-state index < -0.39 is 0 Å². The van der Waals surface area contributed by atoms with Crippen LogP contribution in [0.25, 0.3) is 11.0 Å². The molecule has 5 heterocycles. The molecule has 3 aliphatic rings. The zero-order valence-electron chi connectivity index (χ0n) is 15.8. The summed E-state index contributed by atoms with van der Waals surface area (Å²) >= 11 is 0. The zero-order valence-corrected chi connectivity index (χ0v) is 15.8. The number of aromatic nitrogens is 3. The summed E-state index contributed by atoms with van der Waals surface area (Å²) in [5, 5.41) is 1.04. The highest BCUT2D eigenvalue weighted by Gasteiger charge is 2.45. The zero-order chi connectivity index (χ0) is 19.1. The Kier molecular flexibility index (Phi) is 4.19. The van der Waals surface area contributed by atoms with E-state index in [9.17, 15) is 9.59 Å². The van der Waals surface area contributed by atoms with Gasteiger partial charge in [0, 0.05) is 44.3 Å². The van der Waals surface area contributed by atoms with E-state index in [1.807, 2.05) is 17.2 Å². The maximum absolute atomic E-state index is 12.7. The number of hydrogen-bond donors (Lipinski definition) is 1. The van der Waals surface area contributed by atoms with E-state index in [2.05, 4.69) is 19.9 Å². The molecule has 0 aliphatic carbocycles. The van der Waals surface area contributed by atoms with Crippen molar-refractivity contribution in [3.8, 4) is 0 Å². The van der Waals surface area contributed by atoms with Crippen LogP contribution in [0.1, 0.15) is 12.8 Å². The summed E-state index contributed by atoms with van der Waals surface area (Å²) in [7, 11) is 0. The van der Waals surface area contributed by atoms with Gasteiger partial charge >= 0.3 is 0 Å². The molecule has 1 spiro atoms. The number of fused-ring (bicyclic) bond motifs is 1. The number of carbonyl (C=O) groups is 2. The molecule has 1 unspecified atom stereocenters. The van der Waals surface area contributed by atoms with Gasteiger partial charge in [-0.05, 0) is 18.9 Å². The van der Waals surface area contributed by atoms with Crippen LogP contribution in [0, 0.1) is 5.41 Å². The summed E-state index contributed by atoms with van der Waals surface area (Å²) in [6, 6.07) is 2.01. The van der Waals surface area contributed by atoms with Gasteiger partial charge in [0.1, 0.15) is 24.4 Å². The SMILES string of the molecule is O=C1COCCN1CC(=O)N1CCC2(CCN(c3ncnc4[nH]ccc34)C2)C1. The van der Waals surface area contributed by atoms with E-state index in [0.717, 1.165) is 55.9 Å². The first-order chi connectivity index (χ1) is 13.6. The van der Waals surface area contributed by atoms with Crippen molar-refractivity contribution in [3.63, 3.8) is 0 Å². The average molecular weight is 384 g/mol. The second kappa shape index (κ2) is 6.73. The van der Waals surface area contributed by atoms with Crippen LogP contribution in [0.15, 0.2) is 18.6 Å². The van der Waals surface area contributed by atoms with Crippen molar-refractivity contribution in [3.05, 3.63) is 18.6 Å². The summed E-state index contributed by atoms with van der Waals surface area (Å²) in [6.45, 7) is 4.58. The lowest BCUT2D eigenvalue weighted by Gasteiger charge is -2.29. The molecule has 9 nitrogen and oxygen atoms in total. The van der Waals surface area contributed by atoms with E-state index in [0.29, 0.717) is 13.2 Å². The van der Waals surface area contributed by atoms with Gasteiger partial charge in [-0.15, -0.1) is 0 Å². The highest BCUT2D eigenvalue weighted by Crippen LogP contribution is 2.41. The Bertz CT molecular complexity index is 914. The van der Waals surface area contributed by atoms with Gasteiger partial charge in [0.05, 0.1) is 18.5 Å². The van der Waals surface area contributed by atoms with Gasteiger partial charge in [-0.2, -0.15) is 0 Å². The molecule has 0 radical (unpaired) electrons. The van der Waals surface area contributed by atoms with Gasteiger partial charge in [0.25, 0.3) is 0 Å². The molecule has 3 fully saturated rings. The molecule has 9 heteroatoms. The summed E-state index contributed by atoms with van der Waals surface area (Å²) in [4.78, 5) is 42.4. The van der Waals surface area contributed by atoms with Crippen LogP contribution in [0.5, 0.6) is 0 Å². The maximum atomic E-state index is 12.7. The smallest absolute Gasteiger partial charge is 0.249 e. The second-order valence-electron chi connectivity index (χ2n) is 8.04. The Morgan fingerprint density at radius 1 is 1.21 bits per heavy atom. The van der Waals surface area contributed by atoms with Gasteiger partial charge in [-0.1, -0.05) is 0 Å². The number of hydrogen-bond acceptors (Lipinski definition) is 6. The van der Waals surface area contributed by atoms with E-state index in [4.69, 9.17) is 4.74 Å². The molecule has 0 aromatic carbocycles. The lowest BCUT2D eigenvalue weighted by atomic mass is 9.86. The molecule has 148 valence electrons. The fourth-order valence-corrected chi connectivity index (χ4v) is 4.69. The molecule has 1 atom stereocenters. The summed E-state index contributed by atoms with van der Waals surface area (Å²) in [6.07, 6.45) is 5.53. The lowest BCUT2D eigenvalue weighted by molar-refractivity contribution is -0.148. The number of morpholine rings is 1. The Hall–Kier alpha value is -2.68. The number of nitrogens with one attached hydrogen (secondary N) is 1. The minimum absolute atomic E-state index is 0.0423. The Labute approximate surface area is 162 Å². The predicted molar refractivity (Wildman–Crippen MR) is 102 cm³/mol. The molecule has 2 aromatic rings. The minimum atomic E-state index is -0.0974. The number of amides is 2. The quantitative estimate of drug-likeness (QED) is 0.815. The molecule has 3 aliphatic heterocycles. The fraction of sp³-hybridized carbons (Fsp3) is 0.579. The summed E-state index contributed by atoms with van der Waals surface area (Å²) < 4.78 is 5.14. The van der Waals surface area contributed by atoms with Crippen LogP contribution in [-0.2, 0) is 14.3 Å². The molecule has 3 saturated heterocycles. The first kappa shape index (κ1) is 17.4. The molecule has 0 saturated carbocycles. The van der Waals surface area contributed by atoms with Crippen molar-refractivity contribution in [1.29, 1.82) is 0 Å². The van der Waals surface area contributed by atoms with Crippen molar-refractivity contribution < 1.29 is 14.3 Å². The molecule has 1 N–H and O–H groups in total. The van der Waals surface area contributed by atoms with Crippen LogP contribution in [0.3, 0.4) is 0 Å². The molecular formula is C19H24N6O3. The first-order valence-corrected chi connectivity index (χ1v) is 9.80. The molecule has 2 amide bonds. The number of H-pyrrole nitrogens is 1. The van der Waals surface area contributed by atoms with Crippen molar-refractivity contribution >= 4 is 28.7 Å². The molecular weight excluding hydrogens is 360 g/mol. The number of rotatable bonds is 3. The van der Waals surface area contributed by atoms with Crippen LogP contribution >= 0.6 is 0 Å². The number of carbonyl (C=O) groups excluding carboxylic acids is 2. The fourth-order valence-electron chi connectivity index (χ4n) is 4.69. The van der Waals surface area contributed by atoms with Crippen molar-refractivity contribution in [1.82, 2.24) is 24.8 Å². The molecule has 28 heavy (non-hydrogen) atoms.